The first-order valence-electron chi connectivity index (χ1n) is 8.57. The molecule has 3 aliphatic heterocycles. The molecule has 2 fully saturated rings. The van der Waals surface area contributed by atoms with Crippen LogP contribution in [0.5, 0.6) is 5.75 Å². The molecular formula is C17H23N3O4. The fourth-order valence-electron chi connectivity index (χ4n) is 3.44. The Hall–Kier alpha value is -1.83. The molecule has 4 rings (SSSR count). The third-order valence-corrected chi connectivity index (χ3v) is 4.75. The fourth-order valence-corrected chi connectivity index (χ4v) is 3.44. The fraction of sp³-hybridized carbons (Fsp3) is 0.588. The molecule has 3 heterocycles. The highest BCUT2D eigenvalue weighted by molar-refractivity contribution is 5.92. The number of fused-ring (bicyclic) bond motifs is 1. The maximum atomic E-state index is 12.4. The van der Waals surface area contributed by atoms with Crippen LogP contribution in [0.1, 0.15) is 18.4 Å². The minimum absolute atomic E-state index is 0.00387. The predicted octanol–water partition coefficient (Wildman–Crippen LogP) is 1.54. The number of piperidine rings is 1. The van der Waals surface area contributed by atoms with Gasteiger partial charge in [-0.05, 0) is 49.7 Å². The second kappa shape index (κ2) is 6.96. The minimum atomic E-state index is -0.285. The highest BCUT2D eigenvalue weighted by atomic mass is 16.7. The Balaban J connectivity index is 1.44. The van der Waals surface area contributed by atoms with Crippen LogP contribution in [-0.2, 0) is 16.0 Å². The molecule has 0 unspecified atom stereocenters. The Morgan fingerprint density at radius 3 is 2.79 bits per heavy atom. The van der Waals surface area contributed by atoms with E-state index in [9.17, 15) is 4.79 Å². The quantitative estimate of drug-likeness (QED) is 0.874. The first kappa shape index (κ1) is 15.7. The lowest BCUT2D eigenvalue weighted by Crippen LogP contribution is -2.49. The Labute approximate surface area is 141 Å². The van der Waals surface area contributed by atoms with Crippen molar-refractivity contribution >= 4 is 11.7 Å². The van der Waals surface area contributed by atoms with E-state index in [0.717, 1.165) is 42.9 Å². The van der Waals surface area contributed by atoms with Gasteiger partial charge in [0.1, 0.15) is 12.4 Å². The van der Waals surface area contributed by atoms with Crippen LogP contribution in [0.4, 0.5) is 10.5 Å². The molecule has 3 aliphatic rings. The summed E-state index contributed by atoms with van der Waals surface area (Å²) in [4.78, 5) is 14.3. The number of ether oxygens (including phenoxy) is 3. The standard InChI is InChI=1S/C17H23N3O4/c21-17-19-15-2-1-14(24-11-16-22-7-8-23-16)9-12(15)10-20(17)13-3-5-18-6-4-13/h1-2,9,13,16,18H,3-8,10-11H2,(H,19,21). The number of rotatable bonds is 4. The first-order chi connectivity index (χ1) is 11.8. The van der Waals surface area contributed by atoms with Crippen LogP contribution in [0, 0.1) is 0 Å². The van der Waals surface area contributed by atoms with Gasteiger partial charge in [-0.25, -0.2) is 4.79 Å². The van der Waals surface area contributed by atoms with Gasteiger partial charge < -0.3 is 29.7 Å². The van der Waals surface area contributed by atoms with E-state index < -0.39 is 0 Å². The molecule has 0 radical (unpaired) electrons. The summed E-state index contributed by atoms with van der Waals surface area (Å²) in [5.74, 6) is 0.772. The number of benzene rings is 1. The van der Waals surface area contributed by atoms with E-state index in [0.29, 0.717) is 32.4 Å². The molecule has 1 aromatic carbocycles. The average molecular weight is 333 g/mol. The lowest BCUT2D eigenvalue weighted by Gasteiger charge is -2.38. The smallest absolute Gasteiger partial charge is 0.322 e. The van der Waals surface area contributed by atoms with Gasteiger partial charge in [0.2, 0.25) is 0 Å². The summed E-state index contributed by atoms with van der Waals surface area (Å²) in [5.41, 5.74) is 1.95. The number of amides is 2. The summed E-state index contributed by atoms with van der Waals surface area (Å²) < 4.78 is 16.5. The van der Waals surface area contributed by atoms with E-state index in [-0.39, 0.29) is 12.3 Å². The average Bonchev–Trinajstić information content (AvgIpc) is 3.14. The molecule has 130 valence electrons. The van der Waals surface area contributed by atoms with E-state index in [2.05, 4.69) is 10.6 Å². The summed E-state index contributed by atoms with van der Waals surface area (Å²) in [6.45, 7) is 4.17. The van der Waals surface area contributed by atoms with Crippen molar-refractivity contribution in [3.63, 3.8) is 0 Å². The van der Waals surface area contributed by atoms with Crippen LogP contribution < -0.4 is 15.4 Å². The SMILES string of the molecule is O=C1Nc2ccc(OCC3OCCO3)cc2CN1C1CCNCC1. The molecule has 2 amide bonds. The number of hydrogen-bond acceptors (Lipinski definition) is 5. The van der Waals surface area contributed by atoms with Gasteiger partial charge in [-0.2, -0.15) is 0 Å². The monoisotopic (exact) mass is 333 g/mol. The highest BCUT2D eigenvalue weighted by Gasteiger charge is 2.30. The van der Waals surface area contributed by atoms with E-state index in [1.54, 1.807) is 0 Å². The van der Waals surface area contributed by atoms with Crippen LogP contribution >= 0.6 is 0 Å². The van der Waals surface area contributed by atoms with Gasteiger partial charge in [-0.1, -0.05) is 0 Å². The van der Waals surface area contributed by atoms with Crippen molar-refractivity contribution in [1.82, 2.24) is 10.2 Å². The zero-order chi connectivity index (χ0) is 16.4. The lowest BCUT2D eigenvalue weighted by atomic mass is 10.0. The Bertz CT molecular complexity index is 597. The van der Waals surface area contributed by atoms with Crippen molar-refractivity contribution < 1.29 is 19.0 Å². The van der Waals surface area contributed by atoms with Crippen molar-refractivity contribution in [3.8, 4) is 5.75 Å². The van der Waals surface area contributed by atoms with Crippen LogP contribution in [0.25, 0.3) is 0 Å². The third kappa shape index (κ3) is 3.33. The lowest BCUT2D eigenvalue weighted by molar-refractivity contribution is -0.0684. The van der Waals surface area contributed by atoms with Gasteiger partial charge in [0.25, 0.3) is 0 Å². The maximum Gasteiger partial charge on any atom is 0.322 e. The van der Waals surface area contributed by atoms with E-state index in [1.807, 2.05) is 23.1 Å². The summed E-state index contributed by atoms with van der Waals surface area (Å²) in [7, 11) is 0. The third-order valence-electron chi connectivity index (χ3n) is 4.75. The molecule has 0 saturated carbocycles. The number of hydrogen-bond donors (Lipinski definition) is 2. The van der Waals surface area contributed by atoms with Crippen molar-refractivity contribution in [2.45, 2.75) is 31.7 Å². The van der Waals surface area contributed by atoms with Gasteiger partial charge >= 0.3 is 6.03 Å². The summed E-state index contributed by atoms with van der Waals surface area (Å²) >= 11 is 0. The Morgan fingerprint density at radius 1 is 1.21 bits per heavy atom. The van der Waals surface area contributed by atoms with Crippen LogP contribution in [0.3, 0.4) is 0 Å². The molecule has 0 atom stereocenters. The topological polar surface area (TPSA) is 72.1 Å². The second-order valence-corrected chi connectivity index (χ2v) is 6.34. The summed E-state index contributed by atoms with van der Waals surface area (Å²) in [6.07, 6.45) is 1.71. The molecule has 0 aliphatic carbocycles. The number of nitrogens with zero attached hydrogens (tertiary/aromatic N) is 1. The summed E-state index contributed by atoms with van der Waals surface area (Å²) in [6, 6.07) is 6.06. The Morgan fingerprint density at radius 2 is 2.00 bits per heavy atom. The molecule has 2 saturated heterocycles. The number of nitrogens with one attached hydrogen (secondary N) is 2. The zero-order valence-corrected chi connectivity index (χ0v) is 13.6. The first-order valence-corrected chi connectivity index (χ1v) is 8.57. The van der Waals surface area contributed by atoms with E-state index in [4.69, 9.17) is 14.2 Å². The van der Waals surface area contributed by atoms with Crippen molar-refractivity contribution in [2.24, 2.45) is 0 Å². The molecule has 7 heteroatoms. The van der Waals surface area contributed by atoms with Gasteiger partial charge in [0.15, 0.2) is 6.29 Å². The van der Waals surface area contributed by atoms with E-state index >= 15 is 0 Å². The predicted molar refractivity (Wildman–Crippen MR) is 88.1 cm³/mol. The highest BCUT2D eigenvalue weighted by Crippen LogP contribution is 2.30. The number of urea groups is 1. The Kier molecular flexibility index (Phi) is 4.55. The summed E-state index contributed by atoms with van der Waals surface area (Å²) in [5, 5.41) is 6.33. The van der Waals surface area contributed by atoms with Crippen LogP contribution in [0.2, 0.25) is 0 Å². The van der Waals surface area contributed by atoms with Crippen molar-refractivity contribution in [2.75, 3.05) is 38.2 Å². The zero-order valence-electron chi connectivity index (χ0n) is 13.6. The molecule has 24 heavy (non-hydrogen) atoms. The molecule has 7 nitrogen and oxygen atoms in total. The van der Waals surface area contributed by atoms with Gasteiger partial charge in [-0.3, -0.25) is 0 Å². The van der Waals surface area contributed by atoms with Crippen LogP contribution in [0.15, 0.2) is 18.2 Å². The van der Waals surface area contributed by atoms with Gasteiger partial charge in [0, 0.05) is 18.3 Å². The molecule has 1 aromatic rings. The minimum Gasteiger partial charge on any atom is -0.488 e. The molecule has 0 aromatic heterocycles. The second-order valence-electron chi connectivity index (χ2n) is 6.34. The van der Waals surface area contributed by atoms with Crippen LogP contribution in [-0.4, -0.2) is 56.2 Å². The number of anilines is 1. The molecular weight excluding hydrogens is 310 g/mol. The molecule has 0 bridgehead atoms. The number of carbonyl (C=O) groups is 1. The van der Waals surface area contributed by atoms with E-state index in [1.165, 1.54) is 0 Å². The van der Waals surface area contributed by atoms with Gasteiger partial charge in [0.05, 0.1) is 13.2 Å². The number of carbonyl (C=O) groups excluding carboxylic acids is 1. The molecule has 2 N–H and O–H groups in total. The maximum absolute atomic E-state index is 12.4. The van der Waals surface area contributed by atoms with Gasteiger partial charge in [-0.15, -0.1) is 0 Å². The molecule has 0 spiro atoms. The van der Waals surface area contributed by atoms with Crippen molar-refractivity contribution in [3.05, 3.63) is 23.8 Å². The normalized spacial score (nSPS) is 22.3. The largest absolute Gasteiger partial charge is 0.488 e. The van der Waals surface area contributed by atoms with Crippen molar-refractivity contribution in [1.29, 1.82) is 0 Å².